The standard InChI is InChI=1S/C62H94BrN7O13/c1-13-40(6)56(51(80-11)35-54(74)70-32-22-27-48(70)58(81-12)41(7)59(76)65-42(8)57(75)44-23-18-17-19-24-44)68(9)60(77)46(38(2)3)34-49(71)55(39(4)5)69(10)62(79)82-37-43-28-29-50(47(33-43)67-52(72)30-31-64-53(73)36-63)83-61(78)66-45-25-20-15-14-16-21-26-45/h17-20,23-25,28-29,33,38-42,45-46,48,51,55-58,75H,13-16,21-22,26-27,30-32,34-37H2,1-12H3,(H,64,73)(H,65,76)(H,66,78)(H,67,72)/b25-20+/t40-,41+,42+,45?,46-,48-,51+,55-,56-,57+,58+/m0/s1. The van der Waals surface area contributed by atoms with Crippen LogP contribution in [-0.4, -0.2) is 156 Å². The number of hydrogen-bond donors (Lipinski definition) is 5. The molecule has 1 unspecified atom stereocenters. The Labute approximate surface area is 500 Å². The second-order valence-electron chi connectivity index (χ2n) is 22.9. The highest BCUT2D eigenvalue weighted by Crippen LogP contribution is 2.33. The number of aliphatic hydroxyl groups excluding tert-OH is 1. The van der Waals surface area contributed by atoms with E-state index in [0.29, 0.717) is 36.9 Å². The molecule has 21 heteroatoms. The van der Waals surface area contributed by atoms with Crippen LogP contribution < -0.4 is 26.0 Å². The van der Waals surface area contributed by atoms with Gasteiger partial charge >= 0.3 is 12.2 Å². The van der Waals surface area contributed by atoms with Gasteiger partial charge in [-0.2, -0.15) is 0 Å². The van der Waals surface area contributed by atoms with Crippen molar-refractivity contribution in [2.75, 3.05) is 52.1 Å². The first-order chi connectivity index (χ1) is 39.5. The molecule has 0 radical (unpaired) electrons. The Morgan fingerprint density at radius 3 is 2.18 bits per heavy atom. The molecule has 5 N–H and O–H groups in total. The number of carbonyl (C=O) groups excluding carboxylic acids is 8. The van der Waals surface area contributed by atoms with Gasteiger partial charge in [0.25, 0.3) is 0 Å². The second kappa shape index (κ2) is 34.8. The van der Waals surface area contributed by atoms with Crippen LogP contribution in [0, 0.1) is 29.6 Å². The summed E-state index contributed by atoms with van der Waals surface area (Å²) in [6.07, 6.45) is 6.52. The largest absolute Gasteiger partial charge is 0.445 e. The van der Waals surface area contributed by atoms with E-state index >= 15 is 0 Å². The number of benzene rings is 2. The molecule has 2 aromatic carbocycles. The number of nitrogens with one attached hydrogen (secondary N) is 4. The molecule has 4 rings (SSSR count). The average molecular weight is 1230 g/mol. The number of allylic oxidation sites excluding steroid dienone is 1. The lowest BCUT2D eigenvalue weighted by Gasteiger charge is -2.41. The predicted molar refractivity (Wildman–Crippen MR) is 321 cm³/mol. The highest BCUT2D eigenvalue weighted by atomic mass is 79.9. The third-order valence-corrected chi connectivity index (χ3v) is 16.7. The summed E-state index contributed by atoms with van der Waals surface area (Å²) in [6.45, 7) is 15.1. The summed E-state index contributed by atoms with van der Waals surface area (Å²) < 4.78 is 23.5. The number of anilines is 1. The summed E-state index contributed by atoms with van der Waals surface area (Å²) in [5, 5.41) is 22.2. The van der Waals surface area contributed by atoms with Gasteiger partial charge in [-0.15, -0.1) is 0 Å². The first-order valence-electron chi connectivity index (χ1n) is 29.5. The topological polar surface area (TPSA) is 252 Å². The predicted octanol–water partition coefficient (Wildman–Crippen LogP) is 8.49. The van der Waals surface area contributed by atoms with E-state index in [0.717, 1.165) is 32.1 Å². The Morgan fingerprint density at radius 2 is 1.54 bits per heavy atom. The summed E-state index contributed by atoms with van der Waals surface area (Å²) >= 11 is 3.08. The summed E-state index contributed by atoms with van der Waals surface area (Å²) in [5.74, 6) is -4.20. The summed E-state index contributed by atoms with van der Waals surface area (Å²) in [7, 11) is 6.20. The maximum atomic E-state index is 14.9. The van der Waals surface area contributed by atoms with Gasteiger partial charge in [0.2, 0.25) is 29.5 Å². The minimum absolute atomic E-state index is 0.0449. The number of likely N-dealkylation sites (tertiary alicyclic amines) is 1. The number of aliphatic hydroxyl groups is 1. The fourth-order valence-electron chi connectivity index (χ4n) is 11.3. The van der Waals surface area contributed by atoms with E-state index in [-0.39, 0.29) is 102 Å². The van der Waals surface area contributed by atoms with Crippen LogP contribution in [0.5, 0.6) is 5.75 Å². The lowest BCUT2D eigenvalue weighted by atomic mass is 9.83. The van der Waals surface area contributed by atoms with Gasteiger partial charge in [-0.25, -0.2) is 9.59 Å². The van der Waals surface area contributed by atoms with E-state index in [2.05, 4.69) is 37.2 Å². The number of alkyl halides is 1. The number of likely N-dealkylation sites (N-methyl/N-ethyl adjacent to an activating group) is 2. The Morgan fingerprint density at radius 1 is 0.831 bits per heavy atom. The Kier molecular flexibility index (Phi) is 29.2. The molecule has 0 bridgehead atoms. The quantitative estimate of drug-likeness (QED) is 0.0364. The van der Waals surface area contributed by atoms with Crippen LogP contribution in [-0.2, 0) is 49.6 Å². The fourth-order valence-corrected chi connectivity index (χ4v) is 11.5. The molecule has 83 heavy (non-hydrogen) atoms. The first-order valence-corrected chi connectivity index (χ1v) is 30.6. The Balaban J connectivity index is 1.46. The lowest BCUT2D eigenvalue weighted by Crippen LogP contribution is -2.55. The van der Waals surface area contributed by atoms with Crippen molar-refractivity contribution in [1.29, 1.82) is 0 Å². The van der Waals surface area contributed by atoms with Crippen LogP contribution >= 0.6 is 15.9 Å². The van der Waals surface area contributed by atoms with Crippen molar-refractivity contribution < 1.29 is 62.4 Å². The zero-order valence-corrected chi connectivity index (χ0v) is 52.5. The maximum Gasteiger partial charge on any atom is 0.413 e. The van der Waals surface area contributed by atoms with Gasteiger partial charge in [-0.1, -0.05) is 132 Å². The maximum absolute atomic E-state index is 14.9. The zero-order chi connectivity index (χ0) is 61.5. The normalized spacial score (nSPS) is 19.0. The molecular formula is C62H94BrN7O13. The molecular weight excluding hydrogens is 1130 g/mol. The molecule has 1 fully saturated rings. The molecule has 0 aromatic heterocycles. The van der Waals surface area contributed by atoms with Crippen molar-refractivity contribution in [3.05, 3.63) is 71.8 Å². The van der Waals surface area contributed by atoms with Crippen molar-refractivity contribution in [2.45, 2.75) is 181 Å². The Bertz CT molecular complexity index is 2480. The number of amides is 7. The second-order valence-corrected chi connectivity index (χ2v) is 23.5. The van der Waals surface area contributed by atoms with E-state index in [1.165, 1.54) is 38.3 Å². The van der Waals surface area contributed by atoms with E-state index in [1.54, 1.807) is 62.7 Å². The number of carbonyl (C=O) groups is 8. The van der Waals surface area contributed by atoms with Crippen LogP contribution in [0.4, 0.5) is 15.3 Å². The van der Waals surface area contributed by atoms with Gasteiger partial charge in [0.05, 0.1) is 71.9 Å². The number of methoxy groups -OCH3 is 2. The Hall–Kier alpha value is -5.90. The van der Waals surface area contributed by atoms with Crippen LogP contribution in [0.1, 0.15) is 143 Å². The summed E-state index contributed by atoms with van der Waals surface area (Å²) in [6, 6.07) is 10.9. The number of ether oxygens (including phenoxy) is 4. The van der Waals surface area contributed by atoms with Crippen LogP contribution in [0.3, 0.4) is 0 Å². The van der Waals surface area contributed by atoms with Crippen molar-refractivity contribution in [2.24, 2.45) is 29.6 Å². The fraction of sp³-hybridized carbons (Fsp3) is 0.645. The summed E-state index contributed by atoms with van der Waals surface area (Å²) in [5.41, 5.74) is 1.24. The number of rotatable bonds is 30. The SMILES string of the molecule is CC[C@H](C)[C@@H]([C@@H](CC(=O)N1CCC[C@H]1[C@H](OC)[C@@H](C)C(=O)N[C@H](C)[C@@H](O)c1ccccc1)OC)N(C)C(=O)[C@@H](CC(=O)[C@H](C(C)C)N(C)C(=O)OCc1ccc(OC(=O)NC2/C=C/CCCCC2)c(NC(=O)CCNC(=O)CBr)c1)C(C)C. The van der Waals surface area contributed by atoms with Gasteiger partial charge in [0.15, 0.2) is 11.5 Å². The number of nitrogens with zero attached hydrogens (tertiary/aromatic N) is 3. The van der Waals surface area contributed by atoms with Gasteiger partial charge < -0.3 is 60.0 Å². The monoisotopic (exact) mass is 1220 g/mol. The molecule has 1 heterocycles. The van der Waals surface area contributed by atoms with Crippen LogP contribution in [0.25, 0.3) is 0 Å². The molecule has 462 valence electrons. The van der Waals surface area contributed by atoms with E-state index in [1.807, 2.05) is 58.0 Å². The van der Waals surface area contributed by atoms with Gasteiger partial charge in [-0.3, -0.25) is 28.8 Å². The van der Waals surface area contributed by atoms with E-state index in [9.17, 15) is 43.5 Å². The number of halogens is 1. The molecule has 2 aliphatic rings. The molecule has 20 nitrogen and oxygen atoms in total. The summed E-state index contributed by atoms with van der Waals surface area (Å²) in [4.78, 5) is 114. The minimum atomic E-state index is -0.985. The van der Waals surface area contributed by atoms with Crippen molar-refractivity contribution in [1.82, 2.24) is 30.7 Å². The molecule has 1 aliphatic carbocycles. The average Bonchev–Trinajstić information content (AvgIpc) is 4.15. The molecule has 0 saturated carbocycles. The van der Waals surface area contributed by atoms with Crippen molar-refractivity contribution >= 4 is 69.1 Å². The third-order valence-electron chi connectivity index (χ3n) is 16.2. The minimum Gasteiger partial charge on any atom is -0.445 e. The van der Waals surface area contributed by atoms with Crippen LogP contribution in [0.15, 0.2) is 60.7 Å². The zero-order valence-electron chi connectivity index (χ0n) is 51.0. The molecule has 1 saturated heterocycles. The van der Waals surface area contributed by atoms with Crippen molar-refractivity contribution in [3.63, 3.8) is 0 Å². The lowest BCUT2D eigenvalue weighted by molar-refractivity contribution is -0.149. The molecule has 11 atom stereocenters. The molecule has 0 spiro atoms. The van der Waals surface area contributed by atoms with E-state index in [4.69, 9.17) is 18.9 Å². The van der Waals surface area contributed by atoms with Gasteiger partial charge in [-0.05, 0) is 80.0 Å². The first kappa shape index (κ1) is 69.6. The van der Waals surface area contributed by atoms with Gasteiger partial charge in [0, 0.05) is 60.2 Å². The molecule has 1 aliphatic heterocycles. The van der Waals surface area contributed by atoms with Gasteiger partial charge in [0.1, 0.15) is 6.61 Å². The molecule has 7 amide bonds. The number of ketones is 1. The third kappa shape index (κ3) is 20.7. The van der Waals surface area contributed by atoms with Crippen LogP contribution in [0.2, 0.25) is 0 Å². The number of Topliss-reactive ketones (excluding diaryl/α,β-unsaturated/α-hetero) is 1. The van der Waals surface area contributed by atoms with Crippen molar-refractivity contribution in [3.8, 4) is 5.75 Å². The molecule has 2 aromatic rings. The smallest absolute Gasteiger partial charge is 0.413 e. The highest BCUT2D eigenvalue weighted by Gasteiger charge is 2.44. The number of hydrogen-bond acceptors (Lipinski definition) is 13. The van der Waals surface area contributed by atoms with E-state index < -0.39 is 72.4 Å². The highest BCUT2D eigenvalue weighted by molar-refractivity contribution is 9.09.